The number of nitrogens with two attached hydrogens (primary N) is 1. The van der Waals surface area contributed by atoms with Crippen LogP contribution in [0.4, 0.5) is 0 Å². The zero-order valence-corrected chi connectivity index (χ0v) is 10.2. The minimum Gasteiger partial charge on any atom is -0.383 e. The van der Waals surface area contributed by atoms with Crippen LogP contribution in [0.3, 0.4) is 0 Å². The molecular weight excluding hydrogens is 216 g/mol. The highest BCUT2D eigenvalue weighted by atomic mass is 16.5. The molecule has 0 aliphatic carbocycles. The van der Waals surface area contributed by atoms with Gasteiger partial charge in [-0.25, -0.2) is 0 Å². The molecule has 94 valence electrons. The lowest BCUT2D eigenvalue weighted by Gasteiger charge is -2.10. The van der Waals surface area contributed by atoms with E-state index in [0.717, 1.165) is 12.8 Å². The first-order valence-corrected chi connectivity index (χ1v) is 5.80. The third-order valence-electron chi connectivity index (χ3n) is 2.47. The summed E-state index contributed by atoms with van der Waals surface area (Å²) in [6.45, 7) is 0.898. The number of rotatable bonds is 7. The van der Waals surface area contributed by atoms with Crippen molar-refractivity contribution in [1.82, 2.24) is 5.32 Å². The Hall–Kier alpha value is -1.39. The van der Waals surface area contributed by atoms with Gasteiger partial charge in [0.2, 0.25) is 5.91 Å². The number of ether oxygens (including phenoxy) is 1. The van der Waals surface area contributed by atoms with Crippen LogP contribution >= 0.6 is 0 Å². The van der Waals surface area contributed by atoms with Gasteiger partial charge in [-0.15, -0.1) is 0 Å². The molecule has 0 aliphatic heterocycles. The number of benzene rings is 1. The molecule has 0 radical (unpaired) electrons. The Balaban J connectivity index is 2.14. The average molecular weight is 236 g/mol. The first-order chi connectivity index (χ1) is 8.24. The number of amides is 1. The number of carbonyl (C=O) groups excluding carboxylic acids is 1. The molecule has 1 unspecified atom stereocenters. The fourth-order valence-corrected chi connectivity index (χ4v) is 1.54. The SMILES string of the molecule is COCC(N)C(=O)NCCCc1ccccc1. The van der Waals surface area contributed by atoms with Gasteiger partial charge in [0, 0.05) is 13.7 Å². The lowest BCUT2D eigenvalue weighted by Crippen LogP contribution is -2.43. The van der Waals surface area contributed by atoms with Crippen molar-refractivity contribution in [3.05, 3.63) is 35.9 Å². The van der Waals surface area contributed by atoms with E-state index in [9.17, 15) is 4.79 Å². The summed E-state index contributed by atoms with van der Waals surface area (Å²) in [5.74, 6) is -0.153. The van der Waals surface area contributed by atoms with E-state index in [0.29, 0.717) is 6.54 Å². The number of aryl methyl sites for hydroxylation is 1. The lowest BCUT2D eigenvalue weighted by molar-refractivity contribution is -0.123. The highest BCUT2D eigenvalue weighted by Gasteiger charge is 2.11. The van der Waals surface area contributed by atoms with E-state index in [1.807, 2.05) is 18.2 Å². The summed E-state index contributed by atoms with van der Waals surface area (Å²) in [7, 11) is 1.53. The van der Waals surface area contributed by atoms with Crippen LogP contribution in [0.1, 0.15) is 12.0 Å². The fraction of sp³-hybridized carbons (Fsp3) is 0.462. The van der Waals surface area contributed by atoms with Crippen molar-refractivity contribution in [3.63, 3.8) is 0 Å². The van der Waals surface area contributed by atoms with Gasteiger partial charge in [-0.2, -0.15) is 0 Å². The maximum absolute atomic E-state index is 11.4. The van der Waals surface area contributed by atoms with E-state index in [4.69, 9.17) is 10.5 Å². The van der Waals surface area contributed by atoms with Crippen LogP contribution < -0.4 is 11.1 Å². The number of carbonyl (C=O) groups is 1. The highest BCUT2D eigenvalue weighted by Crippen LogP contribution is 2.01. The van der Waals surface area contributed by atoms with Crippen LogP contribution in [0.15, 0.2) is 30.3 Å². The number of hydrogen-bond donors (Lipinski definition) is 2. The van der Waals surface area contributed by atoms with Crippen LogP contribution in [0, 0.1) is 0 Å². The Morgan fingerprint density at radius 2 is 2.12 bits per heavy atom. The molecule has 1 rings (SSSR count). The number of methoxy groups -OCH3 is 1. The minimum atomic E-state index is -0.572. The summed E-state index contributed by atoms with van der Waals surface area (Å²) >= 11 is 0. The molecule has 0 fully saturated rings. The van der Waals surface area contributed by atoms with Gasteiger partial charge in [0.25, 0.3) is 0 Å². The van der Waals surface area contributed by atoms with Gasteiger partial charge in [0.15, 0.2) is 0 Å². The van der Waals surface area contributed by atoms with Crippen molar-refractivity contribution in [2.75, 3.05) is 20.3 Å². The summed E-state index contributed by atoms with van der Waals surface area (Å²) in [5, 5.41) is 2.79. The van der Waals surface area contributed by atoms with Crippen LogP contribution in [0.2, 0.25) is 0 Å². The molecule has 0 bridgehead atoms. The Kier molecular flexibility index (Phi) is 6.29. The topological polar surface area (TPSA) is 64.3 Å². The predicted molar refractivity (Wildman–Crippen MR) is 67.6 cm³/mol. The summed E-state index contributed by atoms with van der Waals surface area (Å²) < 4.78 is 4.81. The summed E-state index contributed by atoms with van der Waals surface area (Å²) in [4.78, 5) is 11.4. The smallest absolute Gasteiger partial charge is 0.239 e. The van der Waals surface area contributed by atoms with Crippen molar-refractivity contribution in [3.8, 4) is 0 Å². The molecule has 0 spiro atoms. The van der Waals surface area contributed by atoms with Crippen molar-refractivity contribution in [1.29, 1.82) is 0 Å². The van der Waals surface area contributed by atoms with E-state index >= 15 is 0 Å². The van der Waals surface area contributed by atoms with Crippen molar-refractivity contribution in [2.45, 2.75) is 18.9 Å². The Labute approximate surface area is 102 Å². The van der Waals surface area contributed by atoms with E-state index in [1.54, 1.807) is 0 Å². The second-order valence-corrected chi connectivity index (χ2v) is 3.94. The Morgan fingerprint density at radius 1 is 1.41 bits per heavy atom. The first-order valence-electron chi connectivity index (χ1n) is 5.80. The maximum atomic E-state index is 11.4. The molecule has 0 aromatic heterocycles. The van der Waals surface area contributed by atoms with E-state index < -0.39 is 6.04 Å². The molecule has 1 amide bonds. The molecule has 1 aromatic rings. The van der Waals surface area contributed by atoms with E-state index in [1.165, 1.54) is 12.7 Å². The van der Waals surface area contributed by atoms with E-state index in [-0.39, 0.29) is 12.5 Å². The summed E-state index contributed by atoms with van der Waals surface area (Å²) in [5.41, 5.74) is 6.86. The molecular formula is C13H20N2O2. The van der Waals surface area contributed by atoms with Gasteiger partial charge in [0.1, 0.15) is 6.04 Å². The van der Waals surface area contributed by atoms with Gasteiger partial charge >= 0.3 is 0 Å². The second kappa shape index (κ2) is 7.81. The van der Waals surface area contributed by atoms with Gasteiger partial charge < -0.3 is 15.8 Å². The van der Waals surface area contributed by atoms with Crippen molar-refractivity contribution >= 4 is 5.91 Å². The molecule has 0 heterocycles. The predicted octanol–water partition coefficient (Wildman–Crippen LogP) is 0.709. The third kappa shape index (κ3) is 5.47. The average Bonchev–Trinajstić information content (AvgIpc) is 2.36. The molecule has 17 heavy (non-hydrogen) atoms. The first kappa shape index (κ1) is 13.7. The highest BCUT2D eigenvalue weighted by molar-refractivity contribution is 5.81. The number of hydrogen-bond acceptors (Lipinski definition) is 3. The standard InChI is InChI=1S/C13H20N2O2/c1-17-10-12(14)13(16)15-9-5-8-11-6-3-2-4-7-11/h2-4,6-7,12H,5,8-10,14H2,1H3,(H,15,16). The van der Waals surface area contributed by atoms with E-state index in [2.05, 4.69) is 17.4 Å². The summed E-state index contributed by atoms with van der Waals surface area (Å²) in [6.07, 6.45) is 1.87. The molecule has 1 atom stereocenters. The molecule has 1 aromatic carbocycles. The number of nitrogens with one attached hydrogen (secondary N) is 1. The quantitative estimate of drug-likeness (QED) is 0.685. The van der Waals surface area contributed by atoms with Crippen LogP contribution in [0.5, 0.6) is 0 Å². The lowest BCUT2D eigenvalue weighted by atomic mass is 10.1. The third-order valence-corrected chi connectivity index (χ3v) is 2.47. The zero-order chi connectivity index (χ0) is 12.5. The molecule has 0 saturated carbocycles. The van der Waals surface area contributed by atoms with Crippen LogP contribution in [-0.4, -0.2) is 32.2 Å². The zero-order valence-electron chi connectivity index (χ0n) is 10.2. The molecule has 0 aliphatic rings. The molecule has 4 nitrogen and oxygen atoms in total. The van der Waals surface area contributed by atoms with Crippen LogP contribution in [0.25, 0.3) is 0 Å². The fourth-order valence-electron chi connectivity index (χ4n) is 1.54. The minimum absolute atomic E-state index is 0.153. The Morgan fingerprint density at radius 3 is 2.76 bits per heavy atom. The van der Waals surface area contributed by atoms with Gasteiger partial charge in [0.05, 0.1) is 6.61 Å². The van der Waals surface area contributed by atoms with Crippen molar-refractivity contribution in [2.24, 2.45) is 5.73 Å². The normalized spacial score (nSPS) is 12.1. The van der Waals surface area contributed by atoms with Crippen LogP contribution in [-0.2, 0) is 16.0 Å². The van der Waals surface area contributed by atoms with Gasteiger partial charge in [-0.05, 0) is 18.4 Å². The molecule has 3 N–H and O–H groups in total. The monoisotopic (exact) mass is 236 g/mol. The van der Waals surface area contributed by atoms with Crippen molar-refractivity contribution < 1.29 is 9.53 Å². The second-order valence-electron chi connectivity index (χ2n) is 3.94. The van der Waals surface area contributed by atoms with Gasteiger partial charge in [-0.1, -0.05) is 30.3 Å². The Bertz CT molecular complexity index is 327. The van der Waals surface area contributed by atoms with Gasteiger partial charge in [-0.3, -0.25) is 4.79 Å². The maximum Gasteiger partial charge on any atom is 0.239 e. The summed E-state index contributed by atoms with van der Waals surface area (Å²) in [6, 6.07) is 9.62. The largest absolute Gasteiger partial charge is 0.383 e. The molecule has 4 heteroatoms. The molecule has 0 saturated heterocycles.